The zero-order chi connectivity index (χ0) is 30.8. The van der Waals surface area contributed by atoms with Crippen molar-refractivity contribution in [3.05, 3.63) is 111 Å². The largest absolute Gasteiger partial charge is 0.357 e. The van der Waals surface area contributed by atoms with Crippen LogP contribution in [0.2, 0.25) is 10.0 Å². The molecule has 8 heteroatoms. The number of para-hydroxylation sites is 2. The zero-order valence-electron chi connectivity index (χ0n) is 25.2. The lowest BCUT2D eigenvalue weighted by Crippen LogP contribution is -2.51. The third kappa shape index (κ3) is 6.58. The number of piperazine rings is 1. The number of ketones is 1. The van der Waals surface area contributed by atoms with Gasteiger partial charge in [-0.1, -0.05) is 97.7 Å². The number of nitrogens with zero attached hydrogens (tertiary/aromatic N) is 3. The number of rotatable bonds is 6. The number of nitrogens with one attached hydrogen (secondary N) is 1. The second-order valence-electron chi connectivity index (χ2n) is 12.7. The molecule has 1 N–H and O–H groups in total. The summed E-state index contributed by atoms with van der Waals surface area (Å²) in [5, 5.41) is 4.48. The number of fused-ring (bicyclic) bond motifs is 1. The minimum atomic E-state index is -0.493. The highest BCUT2D eigenvalue weighted by molar-refractivity contribution is 6.42. The quantitative estimate of drug-likeness (QED) is 0.307. The number of allylic oxidation sites excluding steroid dienone is 1. The van der Waals surface area contributed by atoms with Gasteiger partial charge in [-0.05, 0) is 47.2 Å². The van der Waals surface area contributed by atoms with Crippen molar-refractivity contribution in [1.82, 2.24) is 9.80 Å². The summed E-state index contributed by atoms with van der Waals surface area (Å²) < 4.78 is 0. The van der Waals surface area contributed by atoms with Gasteiger partial charge in [0, 0.05) is 50.4 Å². The summed E-state index contributed by atoms with van der Waals surface area (Å²) in [5.74, 6) is 0.124. The Morgan fingerprint density at radius 3 is 2.41 bits per heavy atom. The van der Waals surface area contributed by atoms with Crippen molar-refractivity contribution in [2.75, 3.05) is 49.5 Å². The van der Waals surface area contributed by atoms with E-state index in [0.29, 0.717) is 35.1 Å². The van der Waals surface area contributed by atoms with Crippen LogP contribution >= 0.6 is 23.2 Å². The van der Waals surface area contributed by atoms with Gasteiger partial charge in [0.05, 0.1) is 34.0 Å². The van der Waals surface area contributed by atoms with E-state index in [4.69, 9.17) is 23.2 Å². The topological polar surface area (TPSA) is 55.9 Å². The number of hydrogen-bond acceptors (Lipinski definition) is 5. The molecule has 1 unspecified atom stereocenters. The Bertz CT molecular complexity index is 1610. The molecule has 2 aliphatic heterocycles. The number of Topliss-reactive ketones (excluding diaryl/α,β-unsaturated/α-hetero) is 1. The van der Waals surface area contributed by atoms with Crippen molar-refractivity contribution >= 4 is 52.3 Å². The van der Waals surface area contributed by atoms with Crippen molar-refractivity contribution in [3.63, 3.8) is 0 Å². The molecule has 3 aromatic rings. The number of amides is 1. The Balaban J connectivity index is 1.27. The Kier molecular flexibility index (Phi) is 8.86. The highest BCUT2D eigenvalue weighted by atomic mass is 35.5. The molecule has 228 valence electrons. The molecule has 1 fully saturated rings. The van der Waals surface area contributed by atoms with Gasteiger partial charge in [-0.25, -0.2) is 0 Å². The second kappa shape index (κ2) is 12.8. The fourth-order valence-electron chi connectivity index (χ4n) is 6.58. The Hall–Kier alpha value is -3.58. The van der Waals surface area contributed by atoms with Gasteiger partial charge >= 0.3 is 0 Å². The molecule has 1 aliphatic carbocycles. The van der Waals surface area contributed by atoms with Gasteiger partial charge in [-0.2, -0.15) is 0 Å². The van der Waals surface area contributed by atoms with Crippen LogP contribution in [0.4, 0.5) is 11.4 Å². The molecule has 1 amide bonds. The van der Waals surface area contributed by atoms with Crippen LogP contribution in [0.1, 0.15) is 43.9 Å². The third-order valence-electron chi connectivity index (χ3n) is 8.77. The summed E-state index contributed by atoms with van der Waals surface area (Å²) in [7, 11) is 0. The molecule has 1 saturated heterocycles. The first-order valence-electron chi connectivity index (χ1n) is 15.2. The van der Waals surface area contributed by atoms with Crippen LogP contribution in [0.15, 0.2) is 90.1 Å². The maximum Gasteiger partial charge on any atom is 0.242 e. The normalized spacial score (nSPS) is 20.3. The molecule has 0 bridgehead atoms. The molecule has 0 saturated carbocycles. The second-order valence-corrected chi connectivity index (χ2v) is 13.5. The summed E-state index contributed by atoms with van der Waals surface area (Å²) >= 11 is 12.9. The van der Waals surface area contributed by atoms with Gasteiger partial charge < -0.3 is 15.1 Å². The van der Waals surface area contributed by atoms with E-state index >= 15 is 0 Å². The van der Waals surface area contributed by atoms with E-state index in [1.165, 1.54) is 5.56 Å². The monoisotopic (exact) mass is 628 g/mol. The van der Waals surface area contributed by atoms with E-state index in [1.54, 1.807) is 6.07 Å². The molecule has 6 rings (SSSR count). The summed E-state index contributed by atoms with van der Waals surface area (Å²) in [6, 6.07) is 23.3. The molecular formula is C36H38Cl2N4O2. The standard InChI is InChI=1S/C36H38Cl2N4O2/c1-36(2)22-30-34(32(43)23-36)35(26-14-15-27(37)28(38)21-26)42(31-13-7-6-12-29(31)39-30)24-33(44)41-19-17-40(18-20-41)16-8-11-25-9-4-3-5-10-25/h3-15,21,35,39H,16-20,22-24H2,1-2H3/b11-8+. The summed E-state index contributed by atoms with van der Waals surface area (Å²) in [6.45, 7) is 8.15. The molecule has 3 aromatic carbocycles. The maximum atomic E-state index is 14.0. The van der Waals surface area contributed by atoms with Gasteiger partial charge in [0.25, 0.3) is 0 Å². The lowest BCUT2D eigenvalue weighted by atomic mass is 9.73. The van der Waals surface area contributed by atoms with E-state index in [1.807, 2.05) is 59.5 Å². The van der Waals surface area contributed by atoms with Crippen molar-refractivity contribution in [1.29, 1.82) is 0 Å². The first-order chi connectivity index (χ1) is 21.2. The van der Waals surface area contributed by atoms with Gasteiger partial charge in [0.2, 0.25) is 5.91 Å². The number of anilines is 2. The van der Waals surface area contributed by atoms with E-state index in [2.05, 4.69) is 53.2 Å². The average molecular weight is 630 g/mol. The number of halogens is 2. The number of carbonyl (C=O) groups is 2. The number of benzene rings is 3. The highest BCUT2D eigenvalue weighted by Crippen LogP contribution is 2.48. The van der Waals surface area contributed by atoms with E-state index in [-0.39, 0.29) is 23.7 Å². The third-order valence-corrected chi connectivity index (χ3v) is 9.51. The highest BCUT2D eigenvalue weighted by Gasteiger charge is 2.42. The zero-order valence-corrected chi connectivity index (χ0v) is 26.7. The van der Waals surface area contributed by atoms with Crippen LogP contribution in [0, 0.1) is 5.41 Å². The van der Waals surface area contributed by atoms with Gasteiger partial charge in [-0.15, -0.1) is 0 Å². The fraction of sp³-hybridized carbons (Fsp3) is 0.333. The predicted molar refractivity (Wildman–Crippen MR) is 180 cm³/mol. The van der Waals surface area contributed by atoms with Crippen molar-refractivity contribution < 1.29 is 9.59 Å². The number of hydrogen-bond donors (Lipinski definition) is 1. The maximum absolute atomic E-state index is 14.0. The van der Waals surface area contributed by atoms with Gasteiger partial charge in [-0.3, -0.25) is 14.5 Å². The van der Waals surface area contributed by atoms with Crippen molar-refractivity contribution in [2.45, 2.75) is 32.7 Å². The summed E-state index contributed by atoms with van der Waals surface area (Å²) in [6.07, 6.45) is 5.48. The van der Waals surface area contributed by atoms with Crippen LogP contribution in [0.5, 0.6) is 0 Å². The smallest absolute Gasteiger partial charge is 0.242 e. The van der Waals surface area contributed by atoms with E-state index in [9.17, 15) is 9.59 Å². The Labute approximate surface area is 269 Å². The molecule has 1 atom stereocenters. The Morgan fingerprint density at radius 1 is 0.932 bits per heavy atom. The molecular weight excluding hydrogens is 591 g/mol. The predicted octanol–water partition coefficient (Wildman–Crippen LogP) is 7.47. The van der Waals surface area contributed by atoms with E-state index < -0.39 is 6.04 Å². The molecule has 3 aliphatic rings. The minimum Gasteiger partial charge on any atom is -0.357 e. The first-order valence-corrected chi connectivity index (χ1v) is 16.0. The van der Waals surface area contributed by atoms with Crippen molar-refractivity contribution in [2.24, 2.45) is 5.41 Å². The minimum absolute atomic E-state index is 0.0389. The van der Waals surface area contributed by atoms with Gasteiger partial charge in [0.1, 0.15) is 0 Å². The van der Waals surface area contributed by atoms with Crippen LogP contribution in [-0.4, -0.2) is 60.8 Å². The summed E-state index contributed by atoms with van der Waals surface area (Å²) in [4.78, 5) is 34.4. The molecule has 0 aromatic heterocycles. The van der Waals surface area contributed by atoms with Crippen LogP contribution in [0.3, 0.4) is 0 Å². The lowest BCUT2D eigenvalue weighted by Gasteiger charge is -2.40. The van der Waals surface area contributed by atoms with Crippen LogP contribution < -0.4 is 10.2 Å². The lowest BCUT2D eigenvalue weighted by molar-refractivity contribution is -0.131. The fourth-order valence-corrected chi connectivity index (χ4v) is 6.89. The molecule has 6 nitrogen and oxygen atoms in total. The number of carbonyl (C=O) groups excluding carboxylic acids is 2. The average Bonchev–Trinajstić information content (AvgIpc) is 3.13. The Morgan fingerprint density at radius 2 is 1.66 bits per heavy atom. The van der Waals surface area contributed by atoms with Crippen LogP contribution in [0.25, 0.3) is 6.08 Å². The molecule has 0 radical (unpaired) electrons. The van der Waals surface area contributed by atoms with Gasteiger partial charge in [0.15, 0.2) is 5.78 Å². The molecule has 0 spiro atoms. The molecule has 44 heavy (non-hydrogen) atoms. The summed E-state index contributed by atoms with van der Waals surface area (Å²) in [5.41, 5.74) is 5.20. The van der Waals surface area contributed by atoms with Crippen LogP contribution in [-0.2, 0) is 9.59 Å². The SMILES string of the molecule is CC1(C)CC(=O)C2=C(C1)Nc1ccccc1N(CC(=O)N1CCN(C/C=C/c3ccccc3)CC1)C2c1ccc(Cl)c(Cl)c1. The van der Waals surface area contributed by atoms with Crippen molar-refractivity contribution in [3.8, 4) is 0 Å². The van der Waals surface area contributed by atoms with E-state index in [0.717, 1.165) is 48.7 Å². The first kappa shape index (κ1) is 30.4. The molecule has 2 heterocycles.